The molecule has 1 aromatic heterocycles. The summed E-state index contributed by atoms with van der Waals surface area (Å²) in [6.45, 7) is 1.03. The molecule has 0 aliphatic carbocycles. The summed E-state index contributed by atoms with van der Waals surface area (Å²) in [6, 6.07) is 3.59. The Morgan fingerprint density at radius 3 is 2.84 bits per heavy atom. The summed E-state index contributed by atoms with van der Waals surface area (Å²) in [5, 5.41) is 0.440. The molecule has 1 aliphatic heterocycles. The van der Waals surface area contributed by atoms with Gasteiger partial charge in [0.15, 0.2) is 9.84 Å². The summed E-state index contributed by atoms with van der Waals surface area (Å²) in [6.07, 6.45) is 7.70. The van der Waals surface area contributed by atoms with E-state index in [0.717, 1.165) is 5.56 Å². The maximum absolute atomic E-state index is 11.5. The summed E-state index contributed by atoms with van der Waals surface area (Å²) >= 11 is 5.74. The minimum absolute atomic E-state index is 0.00303. The molecule has 19 heavy (non-hydrogen) atoms. The van der Waals surface area contributed by atoms with Gasteiger partial charge in [0.05, 0.1) is 18.1 Å². The molecular formula is C13H15ClN2O2S. The first-order valence-corrected chi connectivity index (χ1v) is 8.18. The number of hydrogen-bond acceptors (Lipinski definition) is 4. The van der Waals surface area contributed by atoms with Gasteiger partial charge in [-0.15, -0.1) is 6.42 Å². The van der Waals surface area contributed by atoms with Gasteiger partial charge in [-0.3, -0.25) is 4.90 Å². The van der Waals surface area contributed by atoms with E-state index in [4.69, 9.17) is 18.0 Å². The minimum atomic E-state index is -2.90. The van der Waals surface area contributed by atoms with Crippen LogP contribution >= 0.6 is 11.6 Å². The number of halogens is 1. The summed E-state index contributed by atoms with van der Waals surface area (Å²) in [4.78, 5) is 6.03. The molecule has 1 aromatic rings. The quantitative estimate of drug-likeness (QED) is 0.622. The molecule has 2 rings (SSSR count). The summed E-state index contributed by atoms with van der Waals surface area (Å²) in [5.41, 5.74) is 0.976. The molecule has 102 valence electrons. The van der Waals surface area contributed by atoms with Crippen LogP contribution in [0.4, 0.5) is 0 Å². The largest absolute Gasteiger partial charge is 0.284 e. The van der Waals surface area contributed by atoms with Gasteiger partial charge in [0, 0.05) is 18.8 Å². The van der Waals surface area contributed by atoms with Crippen LogP contribution in [0.1, 0.15) is 12.0 Å². The molecular weight excluding hydrogens is 284 g/mol. The molecule has 0 saturated carbocycles. The lowest BCUT2D eigenvalue weighted by Crippen LogP contribution is -2.36. The predicted octanol–water partition coefficient (Wildman–Crippen LogP) is 1.36. The fourth-order valence-corrected chi connectivity index (χ4v) is 4.10. The lowest BCUT2D eigenvalue weighted by atomic mass is 10.2. The Kier molecular flexibility index (Phi) is 4.46. The van der Waals surface area contributed by atoms with Crippen molar-refractivity contribution in [3.63, 3.8) is 0 Å². The van der Waals surface area contributed by atoms with E-state index in [1.54, 1.807) is 12.3 Å². The first-order valence-electron chi connectivity index (χ1n) is 5.98. The highest BCUT2D eigenvalue weighted by atomic mass is 35.5. The Labute approximate surface area is 118 Å². The Morgan fingerprint density at radius 2 is 2.32 bits per heavy atom. The SMILES string of the molecule is C#CCN(Cc1ccc(Cl)nc1)C1CCS(=O)(=O)C1. The molecule has 0 spiro atoms. The molecule has 2 heterocycles. The van der Waals surface area contributed by atoms with E-state index in [1.165, 1.54) is 0 Å². The second-order valence-corrected chi connectivity index (χ2v) is 7.27. The van der Waals surface area contributed by atoms with Crippen LogP contribution in [0.15, 0.2) is 18.3 Å². The average Bonchev–Trinajstić information content (AvgIpc) is 2.72. The van der Waals surface area contributed by atoms with Crippen molar-refractivity contribution in [3.05, 3.63) is 29.0 Å². The molecule has 1 saturated heterocycles. The van der Waals surface area contributed by atoms with E-state index in [0.29, 0.717) is 24.7 Å². The zero-order valence-electron chi connectivity index (χ0n) is 10.4. The van der Waals surface area contributed by atoms with Crippen LogP contribution in [-0.4, -0.2) is 42.4 Å². The van der Waals surface area contributed by atoms with Crippen LogP contribution in [0.2, 0.25) is 5.15 Å². The molecule has 1 atom stereocenters. The maximum Gasteiger partial charge on any atom is 0.151 e. The standard InChI is InChI=1S/C13H15ClN2O2S/c1-2-6-16(12-5-7-19(17,18)10-12)9-11-3-4-13(14)15-8-11/h1,3-4,8,12H,5-7,9-10H2. The Morgan fingerprint density at radius 1 is 1.53 bits per heavy atom. The van der Waals surface area contributed by atoms with E-state index in [1.807, 2.05) is 11.0 Å². The normalized spacial score (nSPS) is 21.4. The van der Waals surface area contributed by atoms with Crippen LogP contribution in [0, 0.1) is 12.3 Å². The summed E-state index contributed by atoms with van der Waals surface area (Å²) in [5.74, 6) is 3.03. The Bertz CT molecular complexity index is 578. The van der Waals surface area contributed by atoms with E-state index < -0.39 is 9.84 Å². The fraction of sp³-hybridized carbons (Fsp3) is 0.462. The first-order chi connectivity index (χ1) is 9.00. The molecule has 1 aliphatic rings. The van der Waals surface area contributed by atoms with Crippen LogP contribution in [0.3, 0.4) is 0 Å². The number of aromatic nitrogens is 1. The van der Waals surface area contributed by atoms with Crippen LogP contribution in [0.5, 0.6) is 0 Å². The van der Waals surface area contributed by atoms with Gasteiger partial charge in [-0.1, -0.05) is 23.6 Å². The maximum atomic E-state index is 11.5. The van der Waals surface area contributed by atoms with E-state index in [2.05, 4.69) is 10.9 Å². The van der Waals surface area contributed by atoms with E-state index in [-0.39, 0.29) is 17.5 Å². The third-order valence-corrected chi connectivity index (χ3v) is 5.17. The minimum Gasteiger partial charge on any atom is -0.284 e. The third kappa shape index (κ3) is 3.93. The van der Waals surface area contributed by atoms with Gasteiger partial charge in [0.1, 0.15) is 5.15 Å². The zero-order chi connectivity index (χ0) is 13.9. The number of nitrogens with zero attached hydrogens (tertiary/aromatic N) is 2. The van der Waals surface area contributed by atoms with Crippen LogP contribution < -0.4 is 0 Å². The topological polar surface area (TPSA) is 50.3 Å². The first kappa shape index (κ1) is 14.3. The molecule has 6 heteroatoms. The lowest BCUT2D eigenvalue weighted by molar-refractivity contribution is 0.230. The Hall–Kier alpha value is -1.09. The number of sulfone groups is 1. The lowest BCUT2D eigenvalue weighted by Gasteiger charge is -2.25. The van der Waals surface area contributed by atoms with Crippen molar-refractivity contribution < 1.29 is 8.42 Å². The van der Waals surface area contributed by atoms with Crippen molar-refractivity contribution >= 4 is 21.4 Å². The van der Waals surface area contributed by atoms with Gasteiger partial charge in [-0.05, 0) is 18.1 Å². The van der Waals surface area contributed by atoms with E-state index in [9.17, 15) is 8.42 Å². The van der Waals surface area contributed by atoms with Gasteiger partial charge < -0.3 is 0 Å². The molecule has 1 unspecified atom stereocenters. The Balaban J connectivity index is 2.09. The molecule has 0 N–H and O–H groups in total. The number of hydrogen-bond donors (Lipinski definition) is 0. The monoisotopic (exact) mass is 298 g/mol. The van der Waals surface area contributed by atoms with Crippen molar-refractivity contribution in [2.24, 2.45) is 0 Å². The summed E-state index contributed by atoms with van der Waals surface area (Å²) in [7, 11) is -2.90. The predicted molar refractivity (Wildman–Crippen MR) is 75.5 cm³/mol. The molecule has 0 bridgehead atoms. The molecule has 4 nitrogen and oxygen atoms in total. The van der Waals surface area contributed by atoms with Crippen molar-refractivity contribution in [1.82, 2.24) is 9.88 Å². The van der Waals surface area contributed by atoms with Gasteiger partial charge >= 0.3 is 0 Å². The van der Waals surface area contributed by atoms with Gasteiger partial charge in [0.25, 0.3) is 0 Å². The van der Waals surface area contributed by atoms with Gasteiger partial charge in [-0.2, -0.15) is 0 Å². The van der Waals surface area contributed by atoms with Crippen molar-refractivity contribution in [2.45, 2.75) is 19.0 Å². The zero-order valence-corrected chi connectivity index (χ0v) is 12.0. The highest BCUT2D eigenvalue weighted by Crippen LogP contribution is 2.19. The second kappa shape index (κ2) is 5.91. The number of rotatable bonds is 4. The van der Waals surface area contributed by atoms with Crippen LogP contribution in [0.25, 0.3) is 0 Å². The fourth-order valence-electron chi connectivity index (χ4n) is 2.23. The number of pyridine rings is 1. The van der Waals surface area contributed by atoms with Crippen molar-refractivity contribution in [3.8, 4) is 12.3 Å². The number of terminal acetylenes is 1. The van der Waals surface area contributed by atoms with Gasteiger partial charge in [0.2, 0.25) is 0 Å². The summed E-state index contributed by atoms with van der Waals surface area (Å²) < 4.78 is 23.1. The molecule has 0 aromatic carbocycles. The smallest absolute Gasteiger partial charge is 0.151 e. The van der Waals surface area contributed by atoms with E-state index >= 15 is 0 Å². The molecule has 1 fully saturated rings. The molecule has 0 radical (unpaired) electrons. The second-order valence-electron chi connectivity index (χ2n) is 4.66. The van der Waals surface area contributed by atoms with Crippen molar-refractivity contribution in [1.29, 1.82) is 0 Å². The third-order valence-electron chi connectivity index (χ3n) is 3.19. The average molecular weight is 299 g/mol. The van der Waals surface area contributed by atoms with Crippen molar-refractivity contribution in [2.75, 3.05) is 18.1 Å². The highest BCUT2D eigenvalue weighted by molar-refractivity contribution is 7.91. The van der Waals surface area contributed by atoms with Gasteiger partial charge in [-0.25, -0.2) is 13.4 Å². The molecule has 0 amide bonds. The highest BCUT2D eigenvalue weighted by Gasteiger charge is 2.31. The van der Waals surface area contributed by atoms with Crippen LogP contribution in [-0.2, 0) is 16.4 Å².